The highest BCUT2D eigenvalue weighted by molar-refractivity contribution is 6.30. The molecule has 0 radical (unpaired) electrons. The number of rotatable bonds is 9. The molecule has 1 heterocycles. The van der Waals surface area contributed by atoms with Crippen LogP contribution in [0.3, 0.4) is 0 Å². The number of amides is 1. The molecule has 0 aliphatic carbocycles. The van der Waals surface area contributed by atoms with Gasteiger partial charge in [-0.3, -0.25) is 9.48 Å². The van der Waals surface area contributed by atoms with Gasteiger partial charge in [-0.1, -0.05) is 66.2 Å². The Hall–Kier alpha value is -4.17. The minimum atomic E-state index is -4.60. The fourth-order valence-corrected chi connectivity index (χ4v) is 5.27. The number of hydrogen-bond acceptors (Lipinski definition) is 2. The molecule has 0 atom stereocenters. The van der Waals surface area contributed by atoms with Gasteiger partial charge in [-0.05, 0) is 67.1 Å². The fraction of sp³-hybridized carbons (Fsp3) is 0.188. The number of alkyl halides is 3. The molecular formula is C32H26ClF4N3O. The molecule has 4 nitrogen and oxygen atoms in total. The van der Waals surface area contributed by atoms with Crippen LogP contribution in [0.2, 0.25) is 5.02 Å². The van der Waals surface area contributed by atoms with Gasteiger partial charge in [0.2, 0.25) is 5.91 Å². The van der Waals surface area contributed by atoms with Crippen LogP contribution in [0.25, 0.3) is 22.2 Å². The predicted molar refractivity (Wildman–Crippen MR) is 152 cm³/mol. The first-order chi connectivity index (χ1) is 19.6. The lowest BCUT2D eigenvalue weighted by molar-refractivity contribution is -0.136. The number of nitrogens with zero attached hydrogens (tertiary/aromatic N) is 2. The second-order valence-corrected chi connectivity index (χ2v) is 10.3. The third-order valence-corrected chi connectivity index (χ3v) is 7.29. The largest absolute Gasteiger partial charge is 0.418 e. The van der Waals surface area contributed by atoms with Gasteiger partial charge in [0.15, 0.2) is 0 Å². The Morgan fingerprint density at radius 3 is 2.39 bits per heavy atom. The number of benzene rings is 4. The average molecular weight is 580 g/mol. The Bertz CT molecular complexity index is 1730. The molecule has 0 aliphatic rings. The van der Waals surface area contributed by atoms with E-state index in [1.165, 1.54) is 28.9 Å². The fourth-order valence-electron chi connectivity index (χ4n) is 5.11. The van der Waals surface area contributed by atoms with Crippen LogP contribution < -0.4 is 5.73 Å². The first-order valence-corrected chi connectivity index (χ1v) is 13.5. The molecule has 0 saturated heterocycles. The topological polar surface area (TPSA) is 60.9 Å². The van der Waals surface area contributed by atoms with E-state index >= 15 is 0 Å². The molecule has 2 N–H and O–H groups in total. The van der Waals surface area contributed by atoms with Gasteiger partial charge in [-0.2, -0.15) is 18.3 Å². The number of carbonyl (C=O) groups is 1. The Balaban J connectivity index is 1.46. The number of carbonyl (C=O) groups excluding carboxylic acids is 1. The number of hydrogen-bond donors (Lipinski definition) is 1. The quantitative estimate of drug-likeness (QED) is 0.141. The molecule has 0 unspecified atom stereocenters. The standard InChI is InChI=1S/C32H26ClF4N3O/c33-24-16-15-23(28(34)18-24)19-40-30(26-13-6-14-27(29(26)39-40)32(35,36)37)22-11-5-8-20(17-22)7-1-2-9-21-10-3-4-12-25(21)31(38)41/h3-6,8,10-18H,1-2,7,9,19H2,(H2,38,41). The monoisotopic (exact) mass is 579 g/mol. The van der Waals surface area contributed by atoms with E-state index in [4.69, 9.17) is 17.3 Å². The van der Waals surface area contributed by atoms with Crippen LogP contribution in [0.1, 0.15) is 45.5 Å². The SMILES string of the molecule is NC(=O)c1ccccc1CCCCc1cccc(-c2c3cccc(C(F)(F)F)c3nn2Cc2ccc(Cl)cc2F)c1. The Labute approximate surface area is 239 Å². The van der Waals surface area contributed by atoms with Gasteiger partial charge in [0.1, 0.15) is 11.3 Å². The molecule has 1 amide bonds. The number of halogens is 5. The summed E-state index contributed by atoms with van der Waals surface area (Å²) in [7, 11) is 0. The highest BCUT2D eigenvalue weighted by Crippen LogP contribution is 2.38. The second-order valence-electron chi connectivity index (χ2n) is 9.87. The first kappa shape index (κ1) is 28.4. The molecule has 0 fully saturated rings. The van der Waals surface area contributed by atoms with E-state index in [1.807, 2.05) is 36.4 Å². The normalized spacial score (nSPS) is 11.7. The number of unbranched alkanes of at least 4 members (excludes halogenated alkanes) is 1. The lowest BCUT2D eigenvalue weighted by Crippen LogP contribution is -2.13. The number of primary amides is 1. The van der Waals surface area contributed by atoms with E-state index < -0.39 is 23.5 Å². The van der Waals surface area contributed by atoms with Gasteiger partial charge in [0, 0.05) is 27.1 Å². The van der Waals surface area contributed by atoms with Gasteiger partial charge >= 0.3 is 6.18 Å². The average Bonchev–Trinajstić information content (AvgIpc) is 3.30. The van der Waals surface area contributed by atoms with E-state index in [-0.39, 0.29) is 22.6 Å². The Morgan fingerprint density at radius 2 is 1.63 bits per heavy atom. The molecule has 0 saturated carbocycles. The van der Waals surface area contributed by atoms with E-state index in [0.29, 0.717) is 28.6 Å². The summed E-state index contributed by atoms with van der Waals surface area (Å²) < 4.78 is 57.7. The van der Waals surface area contributed by atoms with Crippen LogP contribution in [0.15, 0.2) is 84.9 Å². The molecule has 0 aliphatic heterocycles. The maximum atomic E-state index is 14.7. The minimum Gasteiger partial charge on any atom is -0.366 e. The van der Waals surface area contributed by atoms with Crippen LogP contribution in [0.4, 0.5) is 17.6 Å². The number of nitrogens with two attached hydrogens (primary N) is 1. The number of fused-ring (bicyclic) bond motifs is 1. The van der Waals surface area contributed by atoms with Crippen molar-refractivity contribution in [2.45, 2.75) is 38.4 Å². The van der Waals surface area contributed by atoms with E-state index in [9.17, 15) is 22.4 Å². The maximum Gasteiger partial charge on any atom is 0.418 e. The zero-order chi connectivity index (χ0) is 29.1. The highest BCUT2D eigenvalue weighted by Gasteiger charge is 2.34. The van der Waals surface area contributed by atoms with Crippen LogP contribution in [0, 0.1) is 5.82 Å². The third-order valence-electron chi connectivity index (χ3n) is 7.06. The maximum absolute atomic E-state index is 14.7. The third kappa shape index (κ3) is 6.28. The first-order valence-electron chi connectivity index (χ1n) is 13.1. The van der Waals surface area contributed by atoms with Gasteiger partial charge in [0.05, 0.1) is 17.8 Å². The molecular weight excluding hydrogens is 554 g/mol. The van der Waals surface area contributed by atoms with E-state index in [2.05, 4.69) is 5.10 Å². The van der Waals surface area contributed by atoms with Crippen LogP contribution in [-0.4, -0.2) is 15.7 Å². The number of aromatic nitrogens is 2. The summed E-state index contributed by atoms with van der Waals surface area (Å²) in [4.78, 5) is 11.7. The predicted octanol–water partition coefficient (Wildman–Crippen LogP) is 8.23. The number of aryl methyl sites for hydroxylation is 2. The minimum absolute atomic E-state index is 0.0756. The van der Waals surface area contributed by atoms with Gasteiger partial charge < -0.3 is 5.73 Å². The second kappa shape index (κ2) is 11.7. The van der Waals surface area contributed by atoms with Crippen molar-refractivity contribution < 1.29 is 22.4 Å². The summed E-state index contributed by atoms with van der Waals surface area (Å²) in [6.45, 7) is -0.0756. The summed E-state index contributed by atoms with van der Waals surface area (Å²) in [5.41, 5.74) is 8.27. The molecule has 4 aromatic carbocycles. The summed E-state index contributed by atoms with van der Waals surface area (Å²) in [5.74, 6) is -1.02. The molecule has 9 heteroatoms. The Kier molecular flexibility index (Phi) is 8.13. The van der Waals surface area contributed by atoms with Gasteiger partial charge in [0.25, 0.3) is 0 Å². The van der Waals surface area contributed by atoms with Crippen molar-refractivity contribution in [3.63, 3.8) is 0 Å². The molecule has 210 valence electrons. The van der Waals surface area contributed by atoms with Crippen LogP contribution in [-0.2, 0) is 25.6 Å². The van der Waals surface area contributed by atoms with Crippen molar-refractivity contribution in [2.24, 2.45) is 5.73 Å². The van der Waals surface area contributed by atoms with E-state index in [1.54, 1.807) is 18.2 Å². The molecule has 5 rings (SSSR count). The smallest absolute Gasteiger partial charge is 0.366 e. The lowest BCUT2D eigenvalue weighted by Gasteiger charge is -2.11. The van der Waals surface area contributed by atoms with Crippen molar-refractivity contribution in [3.05, 3.63) is 124 Å². The van der Waals surface area contributed by atoms with Crippen LogP contribution >= 0.6 is 11.6 Å². The molecule has 1 aromatic heterocycles. The summed E-state index contributed by atoms with van der Waals surface area (Å²) in [5, 5.41) is 4.89. The van der Waals surface area contributed by atoms with Crippen molar-refractivity contribution >= 4 is 28.4 Å². The van der Waals surface area contributed by atoms with E-state index in [0.717, 1.165) is 36.5 Å². The Morgan fingerprint density at radius 1 is 0.878 bits per heavy atom. The summed E-state index contributed by atoms with van der Waals surface area (Å²) in [6, 6.07) is 23.0. The molecule has 0 spiro atoms. The molecule has 41 heavy (non-hydrogen) atoms. The van der Waals surface area contributed by atoms with Gasteiger partial charge in [-0.25, -0.2) is 4.39 Å². The lowest BCUT2D eigenvalue weighted by atomic mass is 9.98. The van der Waals surface area contributed by atoms with Crippen molar-refractivity contribution in [1.29, 1.82) is 0 Å². The summed E-state index contributed by atoms with van der Waals surface area (Å²) >= 11 is 5.90. The summed E-state index contributed by atoms with van der Waals surface area (Å²) in [6.07, 6.45) is -1.54. The van der Waals surface area contributed by atoms with Crippen molar-refractivity contribution in [1.82, 2.24) is 9.78 Å². The van der Waals surface area contributed by atoms with Crippen molar-refractivity contribution in [2.75, 3.05) is 0 Å². The molecule has 5 aromatic rings. The van der Waals surface area contributed by atoms with Crippen LogP contribution in [0.5, 0.6) is 0 Å². The van der Waals surface area contributed by atoms with Gasteiger partial charge in [-0.15, -0.1) is 0 Å². The zero-order valence-corrected chi connectivity index (χ0v) is 22.6. The highest BCUT2D eigenvalue weighted by atomic mass is 35.5. The zero-order valence-electron chi connectivity index (χ0n) is 21.9. The molecule has 0 bridgehead atoms. The van der Waals surface area contributed by atoms with Crippen molar-refractivity contribution in [3.8, 4) is 11.3 Å².